The summed E-state index contributed by atoms with van der Waals surface area (Å²) in [5.74, 6) is 0.301. The summed E-state index contributed by atoms with van der Waals surface area (Å²) in [5, 5.41) is 0. The van der Waals surface area contributed by atoms with Crippen LogP contribution in [0.1, 0.15) is 36.5 Å². The number of benzene rings is 2. The lowest BCUT2D eigenvalue weighted by Gasteiger charge is -2.35. The van der Waals surface area contributed by atoms with Crippen LogP contribution in [0.2, 0.25) is 0 Å². The molecule has 2 aromatic carbocycles. The van der Waals surface area contributed by atoms with E-state index in [1.807, 2.05) is 6.07 Å². The van der Waals surface area contributed by atoms with E-state index >= 15 is 0 Å². The topological polar surface area (TPSA) is 67.9 Å². The van der Waals surface area contributed by atoms with E-state index in [0.717, 1.165) is 43.5 Å². The molecule has 31 heavy (non-hydrogen) atoms. The van der Waals surface area contributed by atoms with Crippen LogP contribution < -0.4 is 9.46 Å². The zero-order valence-corrected chi connectivity index (χ0v) is 18.5. The molecule has 1 aliphatic carbocycles. The molecule has 2 atom stereocenters. The third kappa shape index (κ3) is 5.09. The number of hydrogen-bond donors (Lipinski definition) is 1. The molecule has 0 saturated carbocycles. The maximum Gasteiger partial charge on any atom is 0.240 e. The highest BCUT2D eigenvalue weighted by Gasteiger charge is 2.38. The van der Waals surface area contributed by atoms with Crippen LogP contribution in [0.15, 0.2) is 47.4 Å². The Hall–Kier alpha value is -2.00. The normalized spacial score (nSPS) is 21.7. The largest absolute Gasteiger partial charge is 0.484 e. The Bertz CT molecular complexity index is 991. The molecule has 0 spiro atoms. The van der Waals surface area contributed by atoms with Gasteiger partial charge in [-0.15, -0.1) is 0 Å². The molecule has 1 fully saturated rings. The second-order valence-corrected chi connectivity index (χ2v) is 9.88. The van der Waals surface area contributed by atoms with Crippen molar-refractivity contribution in [3.05, 3.63) is 59.4 Å². The Labute approximate surface area is 183 Å². The van der Waals surface area contributed by atoms with Crippen LogP contribution in [0.4, 0.5) is 4.39 Å². The van der Waals surface area contributed by atoms with Crippen LogP contribution in [0.5, 0.6) is 5.75 Å². The fourth-order valence-corrected chi connectivity index (χ4v) is 5.49. The first-order valence-corrected chi connectivity index (χ1v) is 12.2. The Balaban J connectivity index is 1.54. The van der Waals surface area contributed by atoms with E-state index in [1.165, 1.54) is 31.7 Å². The average molecular weight is 449 g/mol. The monoisotopic (exact) mass is 448 g/mol. The molecule has 0 radical (unpaired) electrons. The summed E-state index contributed by atoms with van der Waals surface area (Å²) in [6.45, 7) is 2.55. The van der Waals surface area contributed by atoms with Crippen molar-refractivity contribution in [3.63, 3.8) is 0 Å². The van der Waals surface area contributed by atoms with Gasteiger partial charge in [-0.1, -0.05) is 12.5 Å². The first kappa shape index (κ1) is 22.2. The standard InChI is InChI=1S/C23H29FN2O4S/c1-29-14-11-25-31(27,28)20-9-7-19(8-10-20)30-23-21-16-18(24)6-5-17(21)15-22(23)26-12-3-2-4-13-26/h5-10,16,22-23,25H,2-4,11-15H2,1H3/t22-,23-/m0/s1. The van der Waals surface area contributed by atoms with E-state index in [0.29, 0.717) is 12.4 Å². The minimum absolute atomic E-state index is 0.149. The van der Waals surface area contributed by atoms with Crippen molar-refractivity contribution in [1.82, 2.24) is 9.62 Å². The van der Waals surface area contributed by atoms with Gasteiger partial charge < -0.3 is 9.47 Å². The second-order valence-electron chi connectivity index (χ2n) is 8.11. The number of nitrogens with zero attached hydrogens (tertiary/aromatic N) is 1. The number of rotatable bonds is 8. The molecule has 4 rings (SSSR count). The molecule has 8 heteroatoms. The maximum absolute atomic E-state index is 14.0. The van der Waals surface area contributed by atoms with E-state index in [-0.39, 0.29) is 29.4 Å². The number of halogens is 1. The number of piperidine rings is 1. The Kier molecular flexibility index (Phi) is 6.91. The number of methoxy groups -OCH3 is 1. The van der Waals surface area contributed by atoms with Crippen molar-refractivity contribution in [2.24, 2.45) is 0 Å². The first-order valence-electron chi connectivity index (χ1n) is 10.8. The van der Waals surface area contributed by atoms with Gasteiger partial charge in [0, 0.05) is 19.2 Å². The van der Waals surface area contributed by atoms with Crippen molar-refractivity contribution in [2.75, 3.05) is 33.4 Å². The van der Waals surface area contributed by atoms with Gasteiger partial charge in [-0.05, 0) is 74.3 Å². The van der Waals surface area contributed by atoms with Crippen LogP contribution in [0, 0.1) is 5.82 Å². The lowest BCUT2D eigenvalue weighted by atomic mass is 10.0. The molecule has 1 N–H and O–H groups in total. The molecule has 168 valence electrons. The van der Waals surface area contributed by atoms with Crippen LogP contribution >= 0.6 is 0 Å². The Morgan fingerprint density at radius 1 is 1.10 bits per heavy atom. The number of fused-ring (bicyclic) bond motifs is 1. The maximum atomic E-state index is 14.0. The van der Waals surface area contributed by atoms with Gasteiger partial charge in [-0.25, -0.2) is 17.5 Å². The molecular formula is C23H29FN2O4S. The number of likely N-dealkylation sites (tertiary alicyclic amines) is 1. The molecule has 1 aliphatic heterocycles. The van der Waals surface area contributed by atoms with Gasteiger partial charge in [0.15, 0.2) is 0 Å². The summed E-state index contributed by atoms with van der Waals surface area (Å²) < 4.78 is 52.5. The van der Waals surface area contributed by atoms with E-state index in [1.54, 1.807) is 18.2 Å². The van der Waals surface area contributed by atoms with Crippen molar-refractivity contribution in [1.29, 1.82) is 0 Å². The Morgan fingerprint density at radius 2 is 1.84 bits per heavy atom. The molecule has 0 aromatic heterocycles. The highest BCUT2D eigenvalue weighted by atomic mass is 32.2. The summed E-state index contributed by atoms with van der Waals surface area (Å²) in [4.78, 5) is 2.62. The van der Waals surface area contributed by atoms with Crippen LogP contribution in [-0.2, 0) is 21.2 Å². The van der Waals surface area contributed by atoms with Gasteiger partial charge in [0.05, 0.1) is 17.5 Å². The molecule has 2 aromatic rings. The highest BCUT2D eigenvalue weighted by molar-refractivity contribution is 7.89. The highest BCUT2D eigenvalue weighted by Crippen LogP contribution is 2.39. The smallest absolute Gasteiger partial charge is 0.240 e. The number of ether oxygens (including phenoxy) is 2. The van der Waals surface area contributed by atoms with Gasteiger partial charge >= 0.3 is 0 Å². The lowest BCUT2D eigenvalue weighted by molar-refractivity contribution is 0.0646. The van der Waals surface area contributed by atoms with Crippen LogP contribution in [-0.4, -0.2) is 52.7 Å². The van der Waals surface area contributed by atoms with Crippen LogP contribution in [0.3, 0.4) is 0 Å². The molecular weight excluding hydrogens is 419 g/mol. The molecule has 0 amide bonds. The lowest BCUT2D eigenvalue weighted by Crippen LogP contribution is -2.43. The number of sulfonamides is 1. The van der Waals surface area contributed by atoms with E-state index in [4.69, 9.17) is 9.47 Å². The fraction of sp³-hybridized carbons (Fsp3) is 0.478. The van der Waals surface area contributed by atoms with Gasteiger partial charge in [0.25, 0.3) is 0 Å². The van der Waals surface area contributed by atoms with Crippen molar-refractivity contribution in [2.45, 2.75) is 42.7 Å². The number of nitrogens with one attached hydrogen (secondary N) is 1. The fourth-order valence-electron chi connectivity index (χ4n) is 4.47. The van der Waals surface area contributed by atoms with Gasteiger partial charge in [0.2, 0.25) is 10.0 Å². The Morgan fingerprint density at radius 3 is 2.55 bits per heavy atom. The minimum atomic E-state index is -3.60. The van der Waals surface area contributed by atoms with E-state index in [2.05, 4.69) is 9.62 Å². The SMILES string of the molecule is COCCNS(=O)(=O)c1ccc(O[C@H]2c3cc(F)ccc3C[C@@H]2N2CCCCC2)cc1. The van der Waals surface area contributed by atoms with Gasteiger partial charge in [-0.2, -0.15) is 0 Å². The summed E-state index contributed by atoms with van der Waals surface area (Å²) >= 11 is 0. The summed E-state index contributed by atoms with van der Waals surface area (Å²) in [5.41, 5.74) is 2.00. The van der Waals surface area contributed by atoms with Gasteiger partial charge in [0.1, 0.15) is 17.7 Å². The summed E-state index contributed by atoms with van der Waals surface area (Å²) in [6.07, 6.45) is 4.11. The van der Waals surface area contributed by atoms with Crippen molar-refractivity contribution < 1.29 is 22.3 Å². The number of hydrogen-bond acceptors (Lipinski definition) is 5. The predicted octanol–water partition coefficient (Wildman–Crippen LogP) is 3.28. The van der Waals surface area contributed by atoms with Crippen molar-refractivity contribution in [3.8, 4) is 5.75 Å². The average Bonchev–Trinajstić information content (AvgIpc) is 3.12. The first-order chi connectivity index (χ1) is 15.0. The minimum Gasteiger partial charge on any atom is -0.484 e. The molecule has 2 aliphatic rings. The van der Waals surface area contributed by atoms with Crippen molar-refractivity contribution >= 4 is 10.0 Å². The van der Waals surface area contributed by atoms with Crippen LogP contribution in [0.25, 0.3) is 0 Å². The molecule has 1 heterocycles. The third-order valence-corrected chi connectivity index (χ3v) is 7.52. The summed E-state index contributed by atoms with van der Waals surface area (Å²) in [6, 6.07) is 11.5. The zero-order chi connectivity index (χ0) is 21.8. The molecule has 0 unspecified atom stereocenters. The van der Waals surface area contributed by atoms with E-state index in [9.17, 15) is 12.8 Å². The predicted molar refractivity (Wildman–Crippen MR) is 116 cm³/mol. The third-order valence-electron chi connectivity index (χ3n) is 6.05. The van der Waals surface area contributed by atoms with E-state index < -0.39 is 10.0 Å². The quantitative estimate of drug-likeness (QED) is 0.628. The van der Waals surface area contributed by atoms with Gasteiger partial charge in [-0.3, -0.25) is 4.90 Å². The summed E-state index contributed by atoms with van der Waals surface area (Å²) in [7, 11) is -2.08. The second kappa shape index (κ2) is 9.65. The molecule has 0 bridgehead atoms. The molecule has 1 saturated heterocycles. The zero-order valence-electron chi connectivity index (χ0n) is 17.7. The molecule has 6 nitrogen and oxygen atoms in total.